The number of phenols is 1. The Bertz CT molecular complexity index is 1330. The zero-order valence-corrected chi connectivity index (χ0v) is 37.1. The monoisotopic (exact) mass is 783 g/mol. The predicted octanol–water partition coefficient (Wildman–Crippen LogP) is 8.17. The van der Waals surface area contributed by atoms with Crippen molar-refractivity contribution >= 4 is 24.1 Å². The van der Waals surface area contributed by atoms with Gasteiger partial charge >= 0.3 is 6.03 Å². The highest BCUT2D eigenvalue weighted by Gasteiger charge is 2.22. The first-order valence-corrected chi connectivity index (χ1v) is 20.4. The van der Waals surface area contributed by atoms with Gasteiger partial charge in [-0.05, 0) is 123 Å². The van der Waals surface area contributed by atoms with Gasteiger partial charge in [-0.25, -0.2) is 4.79 Å². The van der Waals surface area contributed by atoms with Crippen molar-refractivity contribution in [2.45, 2.75) is 133 Å². The van der Waals surface area contributed by atoms with Crippen LogP contribution >= 0.6 is 0 Å². The quantitative estimate of drug-likeness (QED) is 0.0304. The van der Waals surface area contributed by atoms with Crippen molar-refractivity contribution in [3.8, 4) is 18.6 Å². The number of amidine groups is 1. The number of carbonyl (C=O) groups excluding carboxylic acids is 3. The minimum absolute atomic E-state index is 0.0375. The van der Waals surface area contributed by atoms with Crippen molar-refractivity contribution in [2.24, 2.45) is 11.0 Å². The second-order valence-corrected chi connectivity index (χ2v) is 14.3. The molecule has 1 saturated heterocycles. The van der Waals surface area contributed by atoms with Crippen LogP contribution in [0.25, 0.3) is 0 Å². The van der Waals surface area contributed by atoms with E-state index in [0.29, 0.717) is 50.0 Å². The smallest absolute Gasteiger partial charge is 0.317 e. The van der Waals surface area contributed by atoms with Crippen molar-refractivity contribution in [3.63, 3.8) is 0 Å². The summed E-state index contributed by atoms with van der Waals surface area (Å²) < 4.78 is 5.48. The van der Waals surface area contributed by atoms with Crippen LogP contribution in [0.4, 0.5) is 4.79 Å². The molecule has 1 heterocycles. The van der Waals surface area contributed by atoms with E-state index in [0.717, 1.165) is 42.3 Å². The number of aryl methyl sites for hydroxylation is 3. The summed E-state index contributed by atoms with van der Waals surface area (Å²) in [6, 6.07) is 4.50. The molecule has 11 heteroatoms. The lowest BCUT2D eigenvalue weighted by Gasteiger charge is -2.29. The van der Waals surface area contributed by atoms with Gasteiger partial charge in [0, 0.05) is 38.8 Å². The van der Waals surface area contributed by atoms with Crippen molar-refractivity contribution in [3.05, 3.63) is 52.6 Å². The summed E-state index contributed by atoms with van der Waals surface area (Å²) in [5.41, 5.74) is 4.04. The van der Waals surface area contributed by atoms with Crippen LogP contribution in [-0.2, 0) is 14.3 Å². The Morgan fingerprint density at radius 1 is 1.04 bits per heavy atom. The van der Waals surface area contributed by atoms with Crippen molar-refractivity contribution in [1.82, 2.24) is 25.4 Å². The molecule has 1 aliphatic heterocycles. The second kappa shape index (κ2) is 33.0. The standard InChI is InChI=1S/C21H37N5O3.C13H27NO.C9H12O.C2H2/c1-7-11-12-18(8-2)20(23-16-27)24-25(6)19(9-3)13-14-26(10-4)21(29)22-15-17(5)28;1-4-8-14(9-6-12(3)5-2)13-7-10-15-11-13;1-6-4-7(2)9(10)8(3)5-6;1-2/h7-8,11,16,19H,9-10,12-15H2,1-6H3,(H,22,29)(H,23,24,27);12-13H,4-11H2,1-3H3;4-5,10H,1-3H3;1-2H/b11-7-,18-8+;;;. The molecule has 2 rings (SSSR count). The fourth-order valence-electron chi connectivity index (χ4n) is 6.09. The van der Waals surface area contributed by atoms with Crippen molar-refractivity contribution < 1.29 is 24.2 Å². The molecule has 0 aliphatic carbocycles. The molecule has 0 spiro atoms. The number of Topliss-reactive ketones (excluding diaryl/α,β-unsaturated/α-hetero) is 1. The number of hydrazone groups is 1. The molecule has 11 nitrogen and oxygen atoms in total. The normalized spacial score (nSPS) is 14.9. The Morgan fingerprint density at radius 2 is 1.68 bits per heavy atom. The van der Waals surface area contributed by atoms with Crippen LogP contribution in [0.3, 0.4) is 0 Å². The fraction of sp³-hybridized carbons (Fsp3) is 0.644. The molecular weight excluding hydrogens is 705 g/mol. The highest BCUT2D eigenvalue weighted by Crippen LogP contribution is 2.22. The van der Waals surface area contributed by atoms with Crippen molar-refractivity contribution in [2.75, 3.05) is 53.0 Å². The molecule has 3 amide bonds. The number of phenolic OH excluding ortho intramolecular Hbond substituents is 1. The summed E-state index contributed by atoms with van der Waals surface area (Å²) in [7, 11) is 1.87. The fourth-order valence-corrected chi connectivity index (χ4v) is 6.09. The number of hydrogen-bond acceptors (Lipinski definition) is 8. The summed E-state index contributed by atoms with van der Waals surface area (Å²) in [6.07, 6.45) is 21.9. The van der Waals surface area contributed by atoms with Crippen LogP contribution in [0.15, 0.2) is 41.0 Å². The Labute approximate surface area is 341 Å². The number of terminal acetylenes is 1. The number of amides is 3. The number of ether oxygens (including phenoxy) is 1. The SMILES string of the molecule is C#C.C/C=C\CC(=C\C)/C(=N/N(C)C(CC)CCN(CC)C(=O)NCC(C)=O)NC=O.CCCN(CCC(C)CC)C1CCOC1.Cc1cc(C)c(O)c(C)c1. The predicted molar refractivity (Wildman–Crippen MR) is 235 cm³/mol. The second-order valence-electron chi connectivity index (χ2n) is 14.3. The van der Waals surface area contributed by atoms with Crippen LogP contribution in [0.5, 0.6) is 5.75 Å². The van der Waals surface area contributed by atoms with Gasteiger partial charge in [0.1, 0.15) is 11.5 Å². The zero-order chi connectivity index (χ0) is 43.1. The Balaban J connectivity index is 0. The van der Waals surface area contributed by atoms with Crippen LogP contribution in [0.2, 0.25) is 0 Å². The van der Waals surface area contributed by atoms with Gasteiger partial charge in [-0.15, -0.1) is 12.8 Å². The van der Waals surface area contributed by atoms with Crippen molar-refractivity contribution in [1.29, 1.82) is 0 Å². The molecule has 3 unspecified atom stereocenters. The molecule has 1 aromatic carbocycles. The third kappa shape index (κ3) is 23.1. The Kier molecular flexibility index (Phi) is 31.8. The van der Waals surface area contributed by atoms with Crippen LogP contribution in [-0.4, -0.2) is 109 Å². The Hall–Kier alpha value is -4.14. The maximum atomic E-state index is 12.2. The maximum absolute atomic E-state index is 12.2. The number of benzene rings is 1. The van der Waals surface area contributed by atoms with Crippen LogP contribution < -0.4 is 10.6 Å². The summed E-state index contributed by atoms with van der Waals surface area (Å²) in [6.45, 7) is 27.6. The molecule has 3 N–H and O–H groups in total. The third-order valence-electron chi connectivity index (χ3n) is 9.74. The van der Waals surface area contributed by atoms with Gasteiger partial charge in [0.05, 0.1) is 13.2 Å². The van der Waals surface area contributed by atoms with Gasteiger partial charge in [-0.2, -0.15) is 5.10 Å². The lowest BCUT2D eigenvalue weighted by molar-refractivity contribution is -0.116. The van der Waals surface area contributed by atoms with E-state index >= 15 is 0 Å². The summed E-state index contributed by atoms with van der Waals surface area (Å²) in [5.74, 6) is 1.73. The number of aromatic hydroxyl groups is 1. The lowest BCUT2D eigenvalue weighted by Crippen LogP contribution is -2.43. The molecular formula is C45H78N6O5. The first-order valence-electron chi connectivity index (χ1n) is 20.4. The first kappa shape index (κ1) is 54.0. The molecule has 56 heavy (non-hydrogen) atoms. The van der Waals surface area contributed by atoms with Gasteiger partial charge in [-0.3, -0.25) is 19.5 Å². The number of allylic oxidation sites excluding steroid dienone is 3. The van der Waals surface area contributed by atoms with Gasteiger partial charge in [-0.1, -0.05) is 70.0 Å². The molecule has 0 aromatic heterocycles. The van der Waals surface area contributed by atoms with E-state index in [-0.39, 0.29) is 24.4 Å². The van der Waals surface area contributed by atoms with Gasteiger partial charge in [0.15, 0.2) is 5.84 Å². The zero-order valence-electron chi connectivity index (χ0n) is 37.1. The minimum Gasteiger partial charge on any atom is -0.507 e. The Morgan fingerprint density at radius 3 is 2.14 bits per heavy atom. The largest absolute Gasteiger partial charge is 0.507 e. The topological polar surface area (TPSA) is 127 Å². The molecule has 1 aromatic rings. The maximum Gasteiger partial charge on any atom is 0.317 e. The number of urea groups is 1. The third-order valence-corrected chi connectivity index (χ3v) is 9.74. The lowest BCUT2D eigenvalue weighted by atomic mass is 10.0. The summed E-state index contributed by atoms with van der Waals surface area (Å²) in [4.78, 5) is 38.6. The average Bonchev–Trinajstić information content (AvgIpc) is 3.73. The molecule has 0 bridgehead atoms. The molecule has 318 valence electrons. The number of nitrogens with zero attached hydrogens (tertiary/aromatic N) is 4. The number of carbonyl (C=O) groups is 3. The minimum atomic E-state index is -0.241. The first-order chi connectivity index (χ1) is 26.7. The van der Waals surface area contributed by atoms with Crippen LogP contribution in [0.1, 0.15) is 117 Å². The highest BCUT2D eigenvalue weighted by molar-refractivity contribution is 6.03. The van der Waals surface area contributed by atoms with E-state index in [1.807, 2.05) is 84.0 Å². The average molecular weight is 783 g/mol. The van der Waals surface area contributed by atoms with Gasteiger partial charge in [0.25, 0.3) is 0 Å². The van der Waals surface area contributed by atoms with E-state index in [1.165, 1.54) is 51.3 Å². The van der Waals surface area contributed by atoms with Gasteiger partial charge < -0.3 is 25.4 Å². The van der Waals surface area contributed by atoms with E-state index in [2.05, 4.69) is 61.2 Å². The number of ketones is 1. The summed E-state index contributed by atoms with van der Waals surface area (Å²) >= 11 is 0. The van der Waals surface area contributed by atoms with Crippen LogP contribution in [0, 0.1) is 39.5 Å². The van der Waals surface area contributed by atoms with E-state index in [9.17, 15) is 19.5 Å². The number of rotatable bonds is 20. The van der Waals surface area contributed by atoms with E-state index in [4.69, 9.17) is 4.74 Å². The van der Waals surface area contributed by atoms with E-state index in [1.54, 1.807) is 4.90 Å². The molecule has 1 aliphatic rings. The van der Waals surface area contributed by atoms with Gasteiger partial charge in [0.2, 0.25) is 6.41 Å². The molecule has 0 saturated carbocycles. The molecule has 0 radical (unpaired) electrons. The molecule has 3 atom stereocenters. The highest BCUT2D eigenvalue weighted by atomic mass is 16.5. The van der Waals surface area contributed by atoms with E-state index < -0.39 is 0 Å². The molecule has 1 fully saturated rings. The number of hydrogen-bond donors (Lipinski definition) is 3. The number of nitrogens with one attached hydrogen (secondary N) is 2. The summed E-state index contributed by atoms with van der Waals surface area (Å²) in [5, 5.41) is 21.1.